The summed E-state index contributed by atoms with van der Waals surface area (Å²) >= 11 is 0. The Bertz CT molecular complexity index is 375. The quantitative estimate of drug-likeness (QED) is 0.357. The van der Waals surface area contributed by atoms with E-state index < -0.39 is 0 Å². The second-order valence-corrected chi connectivity index (χ2v) is 7.66. The molecule has 0 aliphatic carbocycles. The SMILES string of the molecule is CCCCCCCCCCCCNC(C)(C)Cc1ccccc1.Cl. The van der Waals surface area contributed by atoms with Crippen LogP contribution in [0.25, 0.3) is 0 Å². The molecule has 1 aromatic carbocycles. The van der Waals surface area contributed by atoms with Crippen LogP contribution in [-0.4, -0.2) is 12.1 Å². The van der Waals surface area contributed by atoms with Crippen LogP contribution in [0.2, 0.25) is 0 Å². The van der Waals surface area contributed by atoms with Gasteiger partial charge in [-0.25, -0.2) is 0 Å². The molecule has 0 heterocycles. The number of benzene rings is 1. The van der Waals surface area contributed by atoms with Crippen molar-refractivity contribution in [3.63, 3.8) is 0 Å². The van der Waals surface area contributed by atoms with Crippen molar-refractivity contribution in [1.82, 2.24) is 5.32 Å². The van der Waals surface area contributed by atoms with Gasteiger partial charge in [-0.2, -0.15) is 0 Å². The Morgan fingerprint density at radius 1 is 0.750 bits per heavy atom. The van der Waals surface area contributed by atoms with Crippen molar-refractivity contribution in [1.29, 1.82) is 0 Å². The third kappa shape index (κ3) is 12.8. The van der Waals surface area contributed by atoms with Gasteiger partial charge in [-0.3, -0.25) is 0 Å². The topological polar surface area (TPSA) is 12.0 Å². The number of halogens is 1. The van der Waals surface area contributed by atoms with Crippen LogP contribution in [0.5, 0.6) is 0 Å². The summed E-state index contributed by atoms with van der Waals surface area (Å²) in [5.41, 5.74) is 1.62. The predicted octanol–water partition coefficient (Wildman–Crippen LogP) is 6.94. The van der Waals surface area contributed by atoms with Gasteiger partial charge in [0.05, 0.1) is 0 Å². The van der Waals surface area contributed by atoms with Gasteiger partial charge in [0.2, 0.25) is 0 Å². The number of hydrogen-bond acceptors (Lipinski definition) is 1. The smallest absolute Gasteiger partial charge is 0.0165 e. The standard InChI is InChI=1S/C22H39N.ClH/c1-4-5-6-7-8-9-10-11-12-16-19-23-22(2,3)20-21-17-14-13-15-18-21;/h13-15,17-18,23H,4-12,16,19-20H2,1-3H3;1H. The van der Waals surface area contributed by atoms with Crippen molar-refractivity contribution < 1.29 is 0 Å². The summed E-state index contributed by atoms with van der Waals surface area (Å²) in [5, 5.41) is 3.73. The Hall–Kier alpha value is -0.530. The lowest BCUT2D eigenvalue weighted by atomic mass is 9.95. The number of nitrogens with one attached hydrogen (secondary N) is 1. The first-order chi connectivity index (χ1) is 11.1. The molecule has 2 heteroatoms. The molecule has 0 aromatic heterocycles. The van der Waals surface area contributed by atoms with Crippen LogP contribution in [0.15, 0.2) is 30.3 Å². The van der Waals surface area contributed by atoms with Gasteiger partial charge in [0.15, 0.2) is 0 Å². The van der Waals surface area contributed by atoms with E-state index in [0.717, 1.165) is 13.0 Å². The summed E-state index contributed by atoms with van der Waals surface area (Å²) in [6, 6.07) is 10.8. The Morgan fingerprint density at radius 3 is 1.79 bits per heavy atom. The third-order valence-corrected chi connectivity index (χ3v) is 4.62. The predicted molar refractivity (Wildman–Crippen MR) is 111 cm³/mol. The highest BCUT2D eigenvalue weighted by Crippen LogP contribution is 2.13. The van der Waals surface area contributed by atoms with Crippen LogP contribution in [0.4, 0.5) is 0 Å². The maximum Gasteiger partial charge on any atom is 0.0165 e. The lowest BCUT2D eigenvalue weighted by molar-refractivity contribution is 0.379. The molecule has 0 saturated heterocycles. The molecular weight excluding hydrogens is 314 g/mol. The molecule has 1 nitrogen and oxygen atoms in total. The largest absolute Gasteiger partial charge is 0.311 e. The van der Waals surface area contributed by atoms with Gasteiger partial charge in [0.25, 0.3) is 0 Å². The molecule has 0 saturated carbocycles. The van der Waals surface area contributed by atoms with Crippen molar-refractivity contribution in [2.75, 3.05) is 6.54 Å². The lowest BCUT2D eigenvalue weighted by Gasteiger charge is -2.26. The fourth-order valence-electron chi connectivity index (χ4n) is 3.21. The highest BCUT2D eigenvalue weighted by atomic mass is 35.5. The second-order valence-electron chi connectivity index (χ2n) is 7.66. The van der Waals surface area contributed by atoms with Gasteiger partial charge in [-0.15, -0.1) is 12.4 Å². The van der Waals surface area contributed by atoms with E-state index in [0.29, 0.717) is 0 Å². The molecule has 1 aromatic rings. The van der Waals surface area contributed by atoms with Gasteiger partial charge in [-0.1, -0.05) is 95.0 Å². The Labute approximate surface area is 157 Å². The van der Waals surface area contributed by atoms with Gasteiger partial charge in [0.1, 0.15) is 0 Å². The van der Waals surface area contributed by atoms with Crippen molar-refractivity contribution in [3.05, 3.63) is 35.9 Å². The minimum absolute atomic E-state index is 0. The third-order valence-electron chi connectivity index (χ3n) is 4.62. The average molecular weight is 354 g/mol. The molecule has 24 heavy (non-hydrogen) atoms. The second kappa shape index (κ2) is 14.8. The van der Waals surface area contributed by atoms with Crippen LogP contribution in [0, 0.1) is 0 Å². The van der Waals surface area contributed by atoms with Crippen molar-refractivity contribution >= 4 is 12.4 Å². The summed E-state index contributed by atoms with van der Waals surface area (Å²) in [4.78, 5) is 0. The van der Waals surface area contributed by atoms with E-state index in [9.17, 15) is 0 Å². The fraction of sp³-hybridized carbons (Fsp3) is 0.727. The van der Waals surface area contributed by atoms with Crippen LogP contribution >= 0.6 is 12.4 Å². The minimum Gasteiger partial charge on any atom is -0.311 e. The van der Waals surface area contributed by atoms with Crippen LogP contribution in [0.1, 0.15) is 90.5 Å². The lowest BCUT2D eigenvalue weighted by Crippen LogP contribution is -2.41. The Kier molecular flexibility index (Phi) is 14.5. The molecular formula is C22H40ClN. The fourth-order valence-corrected chi connectivity index (χ4v) is 3.21. The molecule has 0 radical (unpaired) electrons. The van der Waals surface area contributed by atoms with Crippen molar-refractivity contribution in [3.8, 4) is 0 Å². The van der Waals surface area contributed by atoms with E-state index in [1.165, 1.54) is 69.8 Å². The zero-order chi connectivity index (χ0) is 16.8. The van der Waals surface area contributed by atoms with Gasteiger partial charge < -0.3 is 5.32 Å². The van der Waals surface area contributed by atoms with Crippen molar-refractivity contribution in [2.45, 2.75) is 96.9 Å². The van der Waals surface area contributed by atoms with Crippen LogP contribution in [0.3, 0.4) is 0 Å². The summed E-state index contributed by atoms with van der Waals surface area (Å²) in [6.45, 7) is 8.07. The Morgan fingerprint density at radius 2 is 1.25 bits per heavy atom. The van der Waals surface area contributed by atoms with E-state index in [2.05, 4.69) is 56.4 Å². The van der Waals surface area contributed by atoms with E-state index >= 15 is 0 Å². The summed E-state index contributed by atoms with van der Waals surface area (Å²) in [6.07, 6.45) is 15.2. The number of hydrogen-bond donors (Lipinski definition) is 1. The zero-order valence-corrected chi connectivity index (χ0v) is 17.1. The molecule has 0 unspecified atom stereocenters. The highest BCUT2D eigenvalue weighted by molar-refractivity contribution is 5.85. The molecule has 0 spiro atoms. The molecule has 0 amide bonds. The monoisotopic (exact) mass is 353 g/mol. The van der Waals surface area contributed by atoms with E-state index in [4.69, 9.17) is 0 Å². The maximum atomic E-state index is 3.73. The molecule has 1 N–H and O–H groups in total. The summed E-state index contributed by atoms with van der Waals surface area (Å²) < 4.78 is 0. The molecule has 0 bridgehead atoms. The average Bonchev–Trinajstić information content (AvgIpc) is 2.53. The first-order valence-corrected chi connectivity index (χ1v) is 9.93. The molecule has 0 atom stereocenters. The van der Waals surface area contributed by atoms with Gasteiger partial charge in [-0.05, 0) is 38.8 Å². The number of rotatable bonds is 14. The van der Waals surface area contributed by atoms with Crippen LogP contribution < -0.4 is 5.32 Å². The summed E-state index contributed by atoms with van der Waals surface area (Å²) in [5.74, 6) is 0. The highest BCUT2D eigenvalue weighted by Gasteiger charge is 2.16. The van der Waals surface area contributed by atoms with Crippen molar-refractivity contribution in [2.24, 2.45) is 0 Å². The Balaban J connectivity index is 0.00000529. The van der Waals surface area contributed by atoms with E-state index in [1.54, 1.807) is 0 Å². The molecule has 0 aliphatic heterocycles. The zero-order valence-electron chi connectivity index (χ0n) is 16.3. The molecule has 0 aliphatic rings. The number of unbranched alkanes of at least 4 members (excludes halogenated alkanes) is 9. The molecule has 1 rings (SSSR count). The molecule has 140 valence electrons. The summed E-state index contributed by atoms with van der Waals surface area (Å²) in [7, 11) is 0. The first kappa shape index (κ1) is 23.5. The van der Waals surface area contributed by atoms with E-state index in [1.807, 2.05) is 0 Å². The molecule has 0 fully saturated rings. The van der Waals surface area contributed by atoms with E-state index in [-0.39, 0.29) is 17.9 Å². The normalized spacial score (nSPS) is 11.3. The van der Waals surface area contributed by atoms with Crippen LogP contribution in [-0.2, 0) is 6.42 Å². The maximum absolute atomic E-state index is 3.73. The van der Waals surface area contributed by atoms with Gasteiger partial charge >= 0.3 is 0 Å². The minimum atomic E-state index is 0. The van der Waals surface area contributed by atoms with Gasteiger partial charge in [0, 0.05) is 5.54 Å². The first-order valence-electron chi connectivity index (χ1n) is 9.93.